The summed E-state index contributed by atoms with van der Waals surface area (Å²) in [6.07, 6.45) is 1.05. The lowest BCUT2D eigenvalue weighted by Crippen LogP contribution is -2.37. The van der Waals surface area contributed by atoms with Gasteiger partial charge in [-0.25, -0.2) is 0 Å². The van der Waals surface area contributed by atoms with Crippen molar-refractivity contribution in [1.82, 2.24) is 5.32 Å². The van der Waals surface area contributed by atoms with Gasteiger partial charge in [0.05, 0.1) is 11.6 Å². The van der Waals surface area contributed by atoms with Crippen LogP contribution in [0.15, 0.2) is 34.8 Å². The average Bonchev–Trinajstić information content (AvgIpc) is 2.60. The molecular weight excluding hydrogens is 437 g/mol. The molecule has 0 radical (unpaired) electrons. The molecule has 0 heterocycles. The minimum absolute atomic E-state index is 0.0835. The smallest absolute Gasteiger partial charge is 0.175 e. The summed E-state index contributed by atoms with van der Waals surface area (Å²) in [5, 5.41) is 4.73. The van der Waals surface area contributed by atoms with Gasteiger partial charge in [-0.1, -0.05) is 36.2 Å². The highest BCUT2D eigenvalue weighted by atomic mass is 79.9. The number of rotatable bonds is 8. The lowest BCUT2D eigenvalue weighted by molar-refractivity contribution is 0.282. The Balaban J connectivity index is 2.15. The zero-order valence-electron chi connectivity index (χ0n) is 15.5. The Morgan fingerprint density at radius 2 is 1.88 bits per heavy atom. The van der Waals surface area contributed by atoms with E-state index in [1.165, 1.54) is 0 Å². The van der Waals surface area contributed by atoms with E-state index in [4.69, 9.17) is 32.7 Å². The molecule has 0 fully saturated rings. The van der Waals surface area contributed by atoms with Crippen molar-refractivity contribution in [2.45, 2.75) is 45.9 Å². The summed E-state index contributed by atoms with van der Waals surface area (Å²) in [6, 6.07) is 9.39. The van der Waals surface area contributed by atoms with Crippen LogP contribution >= 0.6 is 39.1 Å². The molecule has 0 aliphatic carbocycles. The molecule has 142 valence electrons. The summed E-state index contributed by atoms with van der Waals surface area (Å²) < 4.78 is 12.3. The highest BCUT2D eigenvalue weighted by Crippen LogP contribution is 2.37. The number of halogens is 3. The van der Waals surface area contributed by atoms with E-state index in [0.29, 0.717) is 28.2 Å². The van der Waals surface area contributed by atoms with Crippen LogP contribution in [0, 0.1) is 0 Å². The summed E-state index contributed by atoms with van der Waals surface area (Å²) >= 11 is 15.7. The van der Waals surface area contributed by atoms with E-state index in [1.807, 2.05) is 18.2 Å². The van der Waals surface area contributed by atoms with Gasteiger partial charge in [0.25, 0.3) is 0 Å². The predicted molar refractivity (Wildman–Crippen MR) is 113 cm³/mol. The van der Waals surface area contributed by atoms with Crippen LogP contribution in [0.5, 0.6) is 11.5 Å². The van der Waals surface area contributed by atoms with Crippen molar-refractivity contribution in [2.75, 3.05) is 7.11 Å². The molecule has 0 saturated heterocycles. The first-order valence-corrected chi connectivity index (χ1v) is 9.99. The SMILES string of the molecule is CCC(C)(C)NCc1cc(Br)c(OCc2ccc(Cl)cc2Cl)c(OC)c1. The Labute approximate surface area is 174 Å². The van der Waals surface area contributed by atoms with Gasteiger partial charge < -0.3 is 14.8 Å². The van der Waals surface area contributed by atoms with Crippen molar-refractivity contribution < 1.29 is 9.47 Å². The molecule has 26 heavy (non-hydrogen) atoms. The lowest BCUT2D eigenvalue weighted by atomic mass is 10.0. The van der Waals surface area contributed by atoms with Crippen molar-refractivity contribution in [3.63, 3.8) is 0 Å². The minimum atomic E-state index is 0.0835. The second-order valence-electron chi connectivity index (χ2n) is 6.72. The van der Waals surface area contributed by atoms with Crippen LogP contribution in [0.3, 0.4) is 0 Å². The zero-order valence-corrected chi connectivity index (χ0v) is 18.6. The maximum Gasteiger partial charge on any atom is 0.175 e. The molecule has 0 aromatic heterocycles. The molecule has 6 heteroatoms. The first-order valence-electron chi connectivity index (χ1n) is 8.44. The first kappa shape index (κ1) is 21.4. The molecule has 1 N–H and O–H groups in total. The monoisotopic (exact) mass is 459 g/mol. The quantitative estimate of drug-likeness (QED) is 0.479. The Morgan fingerprint density at radius 1 is 1.15 bits per heavy atom. The third-order valence-electron chi connectivity index (χ3n) is 4.33. The van der Waals surface area contributed by atoms with Crippen LogP contribution in [0.1, 0.15) is 38.3 Å². The molecule has 2 aromatic rings. The Hall–Kier alpha value is -0.940. The summed E-state index contributed by atoms with van der Waals surface area (Å²) in [6.45, 7) is 7.62. The number of ether oxygens (including phenoxy) is 2. The lowest BCUT2D eigenvalue weighted by Gasteiger charge is -2.25. The van der Waals surface area contributed by atoms with Crippen LogP contribution < -0.4 is 14.8 Å². The fourth-order valence-corrected chi connectivity index (χ4v) is 3.34. The third-order valence-corrected chi connectivity index (χ3v) is 5.51. The van der Waals surface area contributed by atoms with Crippen LogP contribution in [0.4, 0.5) is 0 Å². The van der Waals surface area contributed by atoms with Crippen LogP contribution in [-0.4, -0.2) is 12.6 Å². The second kappa shape index (κ2) is 9.32. The van der Waals surface area contributed by atoms with Gasteiger partial charge in [0.2, 0.25) is 0 Å². The van der Waals surface area contributed by atoms with Gasteiger partial charge in [0.15, 0.2) is 11.5 Å². The van der Waals surface area contributed by atoms with Gasteiger partial charge in [0, 0.05) is 27.7 Å². The van der Waals surface area contributed by atoms with Crippen molar-refractivity contribution >= 4 is 39.1 Å². The van der Waals surface area contributed by atoms with Crippen molar-refractivity contribution in [1.29, 1.82) is 0 Å². The Kier molecular flexibility index (Phi) is 7.65. The molecule has 0 unspecified atom stereocenters. The Morgan fingerprint density at radius 3 is 2.50 bits per heavy atom. The van der Waals surface area contributed by atoms with Crippen LogP contribution in [-0.2, 0) is 13.2 Å². The molecule has 0 amide bonds. The van der Waals surface area contributed by atoms with E-state index in [2.05, 4.69) is 42.0 Å². The topological polar surface area (TPSA) is 30.5 Å². The fourth-order valence-electron chi connectivity index (χ4n) is 2.27. The van der Waals surface area contributed by atoms with E-state index in [9.17, 15) is 0 Å². The fraction of sp³-hybridized carbons (Fsp3) is 0.400. The maximum atomic E-state index is 6.22. The van der Waals surface area contributed by atoms with Gasteiger partial charge >= 0.3 is 0 Å². The van der Waals surface area contributed by atoms with Gasteiger partial charge in [-0.3, -0.25) is 0 Å². The van der Waals surface area contributed by atoms with Crippen LogP contribution in [0.2, 0.25) is 10.0 Å². The van der Waals surface area contributed by atoms with E-state index < -0.39 is 0 Å². The zero-order chi connectivity index (χ0) is 19.3. The molecule has 0 atom stereocenters. The highest BCUT2D eigenvalue weighted by Gasteiger charge is 2.16. The molecule has 3 nitrogen and oxygen atoms in total. The van der Waals surface area contributed by atoms with Gasteiger partial charge in [0.1, 0.15) is 6.61 Å². The van der Waals surface area contributed by atoms with Crippen LogP contribution in [0.25, 0.3) is 0 Å². The number of hydrogen-bond acceptors (Lipinski definition) is 3. The minimum Gasteiger partial charge on any atom is -0.493 e. The third kappa shape index (κ3) is 5.78. The molecule has 0 bridgehead atoms. The molecule has 0 saturated carbocycles. The second-order valence-corrected chi connectivity index (χ2v) is 8.42. The van der Waals surface area contributed by atoms with Crippen molar-refractivity contribution in [2.24, 2.45) is 0 Å². The summed E-state index contributed by atoms with van der Waals surface area (Å²) in [5.74, 6) is 1.33. The molecular formula is C20H24BrCl2NO2. The van der Waals surface area contributed by atoms with E-state index >= 15 is 0 Å². The molecule has 2 aromatic carbocycles. The van der Waals surface area contributed by atoms with E-state index in [-0.39, 0.29) is 5.54 Å². The van der Waals surface area contributed by atoms with E-state index in [1.54, 1.807) is 19.2 Å². The molecule has 0 aliphatic rings. The van der Waals surface area contributed by atoms with Crippen molar-refractivity contribution in [3.8, 4) is 11.5 Å². The predicted octanol–water partition coefficient (Wildman–Crippen LogP) is 6.62. The Bertz CT molecular complexity index is 766. The number of hydrogen-bond donors (Lipinski definition) is 1. The summed E-state index contributed by atoms with van der Waals surface area (Å²) in [5.41, 5.74) is 2.06. The van der Waals surface area contributed by atoms with Gasteiger partial charge in [-0.2, -0.15) is 0 Å². The number of methoxy groups -OCH3 is 1. The average molecular weight is 461 g/mol. The standard InChI is InChI=1S/C20H24BrCl2NO2/c1-5-20(2,3)24-11-13-8-16(21)19(18(9-13)25-4)26-12-14-6-7-15(22)10-17(14)23/h6-10,24H,5,11-12H2,1-4H3. The normalized spacial score (nSPS) is 11.5. The first-order chi connectivity index (χ1) is 12.3. The van der Waals surface area contributed by atoms with Gasteiger partial charge in [-0.05, 0) is 66.0 Å². The molecule has 0 spiro atoms. The number of benzene rings is 2. The van der Waals surface area contributed by atoms with Gasteiger partial charge in [-0.15, -0.1) is 0 Å². The number of nitrogens with one attached hydrogen (secondary N) is 1. The summed E-state index contributed by atoms with van der Waals surface area (Å²) in [7, 11) is 1.64. The summed E-state index contributed by atoms with van der Waals surface area (Å²) in [4.78, 5) is 0. The molecule has 0 aliphatic heterocycles. The van der Waals surface area contributed by atoms with E-state index in [0.717, 1.165) is 28.6 Å². The largest absolute Gasteiger partial charge is 0.493 e. The van der Waals surface area contributed by atoms with Crippen molar-refractivity contribution in [3.05, 3.63) is 56.0 Å². The highest BCUT2D eigenvalue weighted by molar-refractivity contribution is 9.10. The molecule has 2 rings (SSSR count). The maximum absolute atomic E-state index is 6.22.